The molecule has 0 saturated carbocycles. The summed E-state index contributed by atoms with van der Waals surface area (Å²) in [6, 6.07) is -0.196. The van der Waals surface area contributed by atoms with E-state index < -0.39 is 0 Å². The van der Waals surface area contributed by atoms with E-state index in [-0.39, 0.29) is 18.2 Å². The molecular weight excluding hydrogens is 129 g/mol. The van der Waals surface area contributed by atoms with Gasteiger partial charge in [-0.15, -0.1) is 0 Å². The highest BCUT2D eigenvalue weighted by Gasteiger charge is 2.31. The van der Waals surface area contributed by atoms with E-state index >= 15 is 0 Å². The van der Waals surface area contributed by atoms with E-state index in [1.807, 2.05) is 0 Å². The second-order valence-electron chi connectivity index (χ2n) is 2.46. The van der Waals surface area contributed by atoms with E-state index in [9.17, 15) is 0 Å². The fourth-order valence-electron chi connectivity index (χ4n) is 1.20. The van der Waals surface area contributed by atoms with Crippen LogP contribution in [-0.4, -0.2) is 39.7 Å². The van der Waals surface area contributed by atoms with Gasteiger partial charge in [0.05, 0.1) is 12.2 Å². The summed E-state index contributed by atoms with van der Waals surface area (Å²) in [7, 11) is 7.16. The van der Waals surface area contributed by atoms with E-state index in [1.54, 1.807) is 7.11 Å². The van der Waals surface area contributed by atoms with Crippen molar-refractivity contribution in [2.45, 2.75) is 24.6 Å². The summed E-state index contributed by atoms with van der Waals surface area (Å²) in [4.78, 5) is 0. The lowest BCUT2D eigenvalue weighted by Gasteiger charge is -2.13. The molecule has 1 heterocycles. The molecule has 0 aromatic carbocycles. The van der Waals surface area contributed by atoms with Gasteiger partial charge in [0, 0.05) is 19.7 Å². The Labute approximate surface area is 62.3 Å². The van der Waals surface area contributed by atoms with Gasteiger partial charge in [-0.25, -0.2) is 0 Å². The van der Waals surface area contributed by atoms with Gasteiger partial charge in [0.1, 0.15) is 7.85 Å². The molecule has 0 aliphatic carbocycles. The van der Waals surface area contributed by atoms with Gasteiger partial charge in [0.25, 0.3) is 0 Å². The predicted octanol–water partition coefficient (Wildman–Crippen LogP) is -0.756. The second-order valence-corrected chi connectivity index (χ2v) is 2.46. The molecule has 3 atom stereocenters. The molecular formula is C6H12BNO2. The lowest BCUT2D eigenvalue weighted by atomic mass is 9.96. The Morgan fingerprint density at radius 2 is 2.50 bits per heavy atom. The molecule has 1 aliphatic rings. The normalized spacial score (nSPS) is 40.4. The van der Waals surface area contributed by atoms with Crippen LogP contribution < -0.4 is 5.73 Å². The first-order chi connectivity index (χ1) is 4.77. The largest absolute Gasteiger partial charge is 0.381 e. The van der Waals surface area contributed by atoms with Gasteiger partial charge in [-0.05, 0) is 6.42 Å². The summed E-state index contributed by atoms with van der Waals surface area (Å²) in [5.41, 5.74) is 5.40. The third-order valence-corrected chi connectivity index (χ3v) is 1.76. The first-order valence-corrected chi connectivity index (χ1v) is 3.42. The molecule has 2 radical (unpaired) electrons. The van der Waals surface area contributed by atoms with Crippen LogP contribution in [0.4, 0.5) is 0 Å². The number of hydrogen-bond donors (Lipinski definition) is 1. The second kappa shape index (κ2) is 3.37. The highest BCUT2D eigenvalue weighted by atomic mass is 16.6. The van der Waals surface area contributed by atoms with Crippen molar-refractivity contribution in [3.05, 3.63) is 0 Å². The van der Waals surface area contributed by atoms with Crippen LogP contribution >= 0.6 is 0 Å². The summed E-state index contributed by atoms with van der Waals surface area (Å²) in [5.74, 6) is 0. The smallest absolute Gasteiger partial charge is 0.109 e. The Hall–Kier alpha value is -0.0551. The molecule has 10 heavy (non-hydrogen) atoms. The SMILES string of the molecule is [B][C@H]1CC(OC)[C@@H](CN)O1. The lowest BCUT2D eigenvalue weighted by Crippen LogP contribution is -2.31. The van der Waals surface area contributed by atoms with Gasteiger partial charge in [0.15, 0.2) is 0 Å². The van der Waals surface area contributed by atoms with E-state index in [0.717, 1.165) is 6.42 Å². The van der Waals surface area contributed by atoms with E-state index in [0.29, 0.717) is 6.54 Å². The van der Waals surface area contributed by atoms with Gasteiger partial charge in [0.2, 0.25) is 0 Å². The third-order valence-electron chi connectivity index (χ3n) is 1.76. The van der Waals surface area contributed by atoms with Crippen molar-refractivity contribution in [1.82, 2.24) is 0 Å². The minimum atomic E-state index is -0.196. The minimum Gasteiger partial charge on any atom is -0.381 e. The van der Waals surface area contributed by atoms with E-state index in [4.69, 9.17) is 23.1 Å². The van der Waals surface area contributed by atoms with Gasteiger partial charge >= 0.3 is 0 Å². The fourth-order valence-corrected chi connectivity index (χ4v) is 1.20. The number of rotatable bonds is 2. The summed E-state index contributed by atoms with van der Waals surface area (Å²) in [5, 5.41) is 0. The van der Waals surface area contributed by atoms with Crippen molar-refractivity contribution in [2.24, 2.45) is 5.73 Å². The molecule has 0 spiro atoms. The summed E-state index contributed by atoms with van der Waals surface area (Å²) in [6.07, 6.45) is 0.818. The van der Waals surface area contributed by atoms with Crippen molar-refractivity contribution in [3.8, 4) is 0 Å². The molecule has 1 unspecified atom stereocenters. The van der Waals surface area contributed by atoms with Gasteiger partial charge in [-0.1, -0.05) is 0 Å². The van der Waals surface area contributed by atoms with Crippen molar-refractivity contribution < 1.29 is 9.47 Å². The van der Waals surface area contributed by atoms with E-state index in [1.165, 1.54) is 0 Å². The topological polar surface area (TPSA) is 44.5 Å². The van der Waals surface area contributed by atoms with Crippen LogP contribution in [0.15, 0.2) is 0 Å². The zero-order valence-electron chi connectivity index (χ0n) is 6.12. The first-order valence-electron chi connectivity index (χ1n) is 3.42. The molecule has 1 fully saturated rings. The Morgan fingerprint density at radius 3 is 2.90 bits per heavy atom. The Balaban J connectivity index is 2.41. The standard InChI is InChI=1S/C6H12BNO2/c1-9-4-2-6(7)10-5(4)3-8/h4-6H,2-3,8H2,1H3/t4?,5-,6-/m1/s1. The highest BCUT2D eigenvalue weighted by Crippen LogP contribution is 2.19. The summed E-state index contributed by atoms with van der Waals surface area (Å²) in [6.45, 7) is 0.478. The molecule has 0 aromatic heterocycles. The minimum absolute atomic E-state index is 0.0139. The maximum absolute atomic E-state index is 5.51. The molecule has 1 saturated heterocycles. The summed E-state index contributed by atoms with van der Waals surface area (Å²) < 4.78 is 10.3. The average Bonchev–Trinajstić information content (AvgIpc) is 2.30. The Morgan fingerprint density at radius 1 is 1.80 bits per heavy atom. The quantitative estimate of drug-likeness (QED) is 0.514. The van der Waals surface area contributed by atoms with Crippen LogP contribution in [0.5, 0.6) is 0 Å². The van der Waals surface area contributed by atoms with Crippen LogP contribution in [0.2, 0.25) is 0 Å². The molecule has 56 valence electrons. The number of methoxy groups -OCH3 is 1. The number of hydrogen-bond acceptors (Lipinski definition) is 3. The molecule has 2 N–H and O–H groups in total. The molecule has 0 bridgehead atoms. The lowest BCUT2D eigenvalue weighted by molar-refractivity contribution is 0.0154. The number of nitrogens with two attached hydrogens (primary N) is 1. The maximum atomic E-state index is 5.51. The van der Waals surface area contributed by atoms with Crippen molar-refractivity contribution in [1.29, 1.82) is 0 Å². The molecule has 3 nitrogen and oxygen atoms in total. The zero-order valence-corrected chi connectivity index (χ0v) is 6.12. The highest BCUT2D eigenvalue weighted by molar-refractivity contribution is 6.11. The Kier molecular flexibility index (Phi) is 2.71. The van der Waals surface area contributed by atoms with Crippen LogP contribution in [0.1, 0.15) is 6.42 Å². The number of ether oxygens (including phenoxy) is 2. The molecule has 0 amide bonds. The molecule has 0 aromatic rings. The van der Waals surface area contributed by atoms with Crippen molar-refractivity contribution in [2.75, 3.05) is 13.7 Å². The first kappa shape index (κ1) is 8.05. The molecule has 1 aliphatic heterocycles. The van der Waals surface area contributed by atoms with Crippen LogP contribution in [0, 0.1) is 0 Å². The van der Waals surface area contributed by atoms with E-state index in [2.05, 4.69) is 0 Å². The molecule has 4 heteroatoms. The Bertz CT molecular complexity index is 99.9. The van der Waals surface area contributed by atoms with Crippen LogP contribution in [0.25, 0.3) is 0 Å². The third kappa shape index (κ3) is 1.51. The van der Waals surface area contributed by atoms with Gasteiger partial charge in [-0.3, -0.25) is 0 Å². The monoisotopic (exact) mass is 141 g/mol. The van der Waals surface area contributed by atoms with Gasteiger partial charge in [-0.2, -0.15) is 0 Å². The summed E-state index contributed by atoms with van der Waals surface area (Å²) >= 11 is 0. The zero-order chi connectivity index (χ0) is 7.56. The van der Waals surface area contributed by atoms with Crippen molar-refractivity contribution in [3.63, 3.8) is 0 Å². The molecule has 1 rings (SSSR count). The van der Waals surface area contributed by atoms with Gasteiger partial charge < -0.3 is 15.2 Å². The maximum Gasteiger partial charge on any atom is 0.109 e. The average molecular weight is 141 g/mol. The van der Waals surface area contributed by atoms with Crippen LogP contribution in [-0.2, 0) is 9.47 Å². The predicted molar refractivity (Wildman–Crippen MR) is 38.9 cm³/mol. The van der Waals surface area contributed by atoms with Crippen LogP contribution in [0.3, 0.4) is 0 Å². The fraction of sp³-hybridized carbons (Fsp3) is 1.00. The van der Waals surface area contributed by atoms with Crippen molar-refractivity contribution >= 4 is 7.85 Å².